The van der Waals surface area contributed by atoms with Crippen molar-refractivity contribution in [2.75, 3.05) is 39.9 Å². The first-order valence-electron chi connectivity index (χ1n) is 8.59. The van der Waals surface area contributed by atoms with Crippen LogP contribution in [0.25, 0.3) is 0 Å². The van der Waals surface area contributed by atoms with Crippen LogP contribution in [0, 0.1) is 5.41 Å². The fraction of sp³-hybridized carbons (Fsp3) is 0.667. The minimum atomic E-state index is 0.271. The lowest BCUT2D eigenvalue weighted by atomic mass is 9.73. The average molecular weight is 317 g/mol. The van der Waals surface area contributed by atoms with Gasteiger partial charge >= 0.3 is 0 Å². The van der Waals surface area contributed by atoms with Gasteiger partial charge in [-0.1, -0.05) is 0 Å². The van der Waals surface area contributed by atoms with Crippen LogP contribution in [-0.2, 0) is 16.1 Å². The molecule has 2 saturated heterocycles. The summed E-state index contributed by atoms with van der Waals surface area (Å²) in [5.41, 5.74) is 1.59. The Morgan fingerprint density at radius 1 is 1.26 bits per heavy atom. The Kier molecular flexibility index (Phi) is 5.28. The monoisotopic (exact) mass is 317 g/mol. The van der Waals surface area contributed by atoms with Gasteiger partial charge in [-0.25, -0.2) is 0 Å². The second kappa shape index (κ2) is 7.41. The Balaban J connectivity index is 1.63. The molecule has 0 radical (unpaired) electrons. The van der Waals surface area contributed by atoms with Gasteiger partial charge in [0.1, 0.15) is 0 Å². The van der Waals surface area contributed by atoms with Crippen LogP contribution in [-0.4, -0.2) is 60.6 Å². The van der Waals surface area contributed by atoms with Crippen LogP contribution in [0.1, 0.15) is 31.2 Å². The van der Waals surface area contributed by atoms with Gasteiger partial charge in [-0.05, 0) is 43.5 Å². The molecule has 0 aromatic carbocycles. The standard InChI is InChI=1S/C18H27N3O2/c1-23-12-11-21-15-18(7-3-17(21)22)6-2-10-20(14-18)13-16-4-8-19-9-5-16/h4-5,8-9H,2-3,6-7,10-15H2,1H3/t18-/m1/s1. The van der Waals surface area contributed by atoms with E-state index in [4.69, 9.17) is 4.74 Å². The first-order chi connectivity index (χ1) is 11.2. The molecule has 0 N–H and O–H groups in total. The number of amides is 1. The van der Waals surface area contributed by atoms with E-state index in [0.717, 1.165) is 39.1 Å². The molecule has 0 bridgehead atoms. The normalized spacial score (nSPS) is 26.0. The molecule has 2 fully saturated rings. The van der Waals surface area contributed by atoms with Crippen molar-refractivity contribution in [3.63, 3.8) is 0 Å². The maximum absolute atomic E-state index is 12.1. The molecule has 0 saturated carbocycles. The topological polar surface area (TPSA) is 45.7 Å². The van der Waals surface area contributed by atoms with Crippen LogP contribution in [0.15, 0.2) is 24.5 Å². The van der Waals surface area contributed by atoms with Crippen LogP contribution in [0.4, 0.5) is 0 Å². The molecular weight excluding hydrogens is 290 g/mol. The minimum absolute atomic E-state index is 0.271. The van der Waals surface area contributed by atoms with Crippen molar-refractivity contribution < 1.29 is 9.53 Å². The smallest absolute Gasteiger partial charge is 0.222 e. The Morgan fingerprint density at radius 3 is 2.87 bits per heavy atom. The van der Waals surface area contributed by atoms with Crippen molar-refractivity contribution in [2.24, 2.45) is 5.41 Å². The van der Waals surface area contributed by atoms with E-state index in [1.165, 1.54) is 18.4 Å². The van der Waals surface area contributed by atoms with Crippen LogP contribution >= 0.6 is 0 Å². The molecule has 3 rings (SSSR count). The summed E-state index contributed by atoms with van der Waals surface area (Å²) in [5, 5.41) is 0. The Hall–Kier alpha value is -1.46. The van der Waals surface area contributed by atoms with Gasteiger partial charge in [0.05, 0.1) is 6.61 Å². The number of aromatic nitrogens is 1. The van der Waals surface area contributed by atoms with E-state index in [2.05, 4.69) is 22.0 Å². The molecule has 5 nitrogen and oxygen atoms in total. The van der Waals surface area contributed by atoms with Gasteiger partial charge in [0.2, 0.25) is 5.91 Å². The Bertz CT molecular complexity index is 522. The van der Waals surface area contributed by atoms with Gasteiger partial charge in [0, 0.05) is 57.5 Å². The van der Waals surface area contributed by atoms with E-state index in [1.54, 1.807) is 7.11 Å². The van der Waals surface area contributed by atoms with Gasteiger partial charge in [-0.2, -0.15) is 0 Å². The molecule has 23 heavy (non-hydrogen) atoms. The molecule has 1 aromatic heterocycles. The highest BCUT2D eigenvalue weighted by Crippen LogP contribution is 2.39. The molecule has 0 aliphatic carbocycles. The maximum Gasteiger partial charge on any atom is 0.222 e. The SMILES string of the molecule is COCCN1C[C@]2(CCCN(Cc3ccncc3)C2)CCC1=O. The summed E-state index contributed by atoms with van der Waals surface area (Å²) in [6.45, 7) is 5.46. The number of carbonyl (C=O) groups excluding carboxylic acids is 1. The lowest BCUT2D eigenvalue weighted by Gasteiger charge is -2.48. The molecule has 1 amide bonds. The third-order valence-corrected chi connectivity index (χ3v) is 5.21. The third-order valence-electron chi connectivity index (χ3n) is 5.21. The number of pyridine rings is 1. The predicted molar refractivity (Wildman–Crippen MR) is 88.9 cm³/mol. The van der Waals surface area contributed by atoms with E-state index >= 15 is 0 Å². The summed E-state index contributed by atoms with van der Waals surface area (Å²) in [6, 6.07) is 4.19. The van der Waals surface area contributed by atoms with Gasteiger partial charge in [0.25, 0.3) is 0 Å². The summed E-state index contributed by atoms with van der Waals surface area (Å²) in [6.07, 6.45) is 7.89. The first-order valence-corrected chi connectivity index (χ1v) is 8.59. The number of nitrogens with zero attached hydrogens (tertiary/aromatic N) is 3. The van der Waals surface area contributed by atoms with E-state index < -0.39 is 0 Å². The zero-order chi connectivity index (χ0) is 16.1. The van der Waals surface area contributed by atoms with E-state index in [-0.39, 0.29) is 5.41 Å². The second-order valence-corrected chi connectivity index (χ2v) is 6.98. The van der Waals surface area contributed by atoms with Gasteiger partial charge in [-0.15, -0.1) is 0 Å². The summed E-state index contributed by atoms with van der Waals surface area (Å²) >= 11 is 0. The molecule has 1 aromatic rings. The van der Waals surface area contributed by atoms with Crippen molar-refractivity contribution in [2.45, 2.75) is 32.2 Å². The van der Waals surface area contributed by atoms with Crippen molar-refractivity contribution in [1.82, 2.24) is 14.8 Å². The average Bonchev–Trinajstić information content (AvgIpc) is 2.57. The minimum Gasteiger partial charge on any atom is -0.383 e. The Morgan fingerprint density at radius 2 is 2.09 bits per heavy atom. The van der Waals surface area contributed by atoms with Crippen molar-refractivity contribution in [3.05, 3.63) is 30.1 Å². The molecule has 0 unspecified atom stereocenters. The molecule has 2 aliphatic heterocycles. The van der Waals surface area contributed by atoms with Crippen LogP contribution in [0.5, 0.6) is 0 Å². The van der Waals surface area contributed by atoms with Gasteiger partial charge in [-0.3, -0.25) is 14.7 Å². The summed E-state index contributed by atoms with van der Waals surface area (Å²) in [5.74, 6) is 0.291. The number of likely N-dealkylation sites (tertiary alicyclic amines) is 2. The summed E-state index contributed by atoms with van der Waals surface area (Å²) in [7, 11) is 1.70. The van der Waals surface area contributed by atoms with Crippen LogP contribution in [0.3, 0.4) is 0 Å². The van der Waals surface area contributed by atoms with Crippen LogP contribution < -0.4 is 0 Å². The Labute approximate surface area is 138 Å². The number of carbonyl (C=O) groups is 1. The fourth-order valence-electron chi connectivity index (χ4n) is 4.03. The van der Waals surface area contributed by atoms with Crippen molar-refractivity contribution in [1.29, 1.82) is 0 Å². The second-order valence-electron chi connectivity index (χ2n) is 6.98. The number of ether oxygens (including phenoxy) is 1. The summed E-state index contributed by atoms with van der Waals surface area (Å²) < 4.78 is 5.16. The van der Waals surface area contributed by atoms with E-state index in [0.29, 0.717) is 18.9 Å². The molecule has 1 spiro atoms. The zero-order valence-corrected chi connectivity index (χ0v) is 14.0. The zero-order valence-electron chi connectivity index (χ0n) is 14.0. The molecule has 2 aliphatic rings. The lowest BCUT2D eigenvalue weighted by molar-refractivity contribution is -0.140. The molecule has 1 atom stereocenters. The molecule has 126 valence electrons. The van der Waals surface area contributed by atoms with E-state index in [1.807, 2.05) is 17.3 Å². The van der Waals surface area contributed by atoms with Crippen molar-refractivity contribution >= 4 is 5.91 Å². The van der Waals surface area contributed by atoms with Gasteiger partial charge < -0.3 is 9.64 Å². The largest absolute Gasteiger partial charge is 0.383 e. The van der Waals surface area contributed by atoms with Crippen LogP contribution in [0.2, 0.25) is 0 Å². The predicted octanol–water partition coefficient (Wildman–Crippen LogP) is 1.93. The van der Waals surface area contributed by atoms with E-state index in [9.17, 15) is 4.79 Å². The quantitative estimate of drug-likeness (QED) is 0.832. The van der Waals surface area contributed by atoms with Crippen molar-refractivity contribution in [3.8, 4) is 0 Å². The van der Waals surface area contributed by atoms with Gasteiger partial charge in [0.15, 0.2) is 0 Å². The maximum atomic E-state index is 12.1. The molecular formula is C18H27N3O2. The highest BCUT2D eigenvalue weighted by molar-refractivity contribution is 5.77. The molecule has 3 heterocycles. The fourth-order valence-corrected chi connectivity index (χ4v) is 4.03. The number of piperidine rings is 2. The lowest BCUT2D eigenvalue weighted by Crippen LogP contribution is -2.54. The number of hydrogen-bond acceptors (Lipinski definition) is 4. The highest BCUT2D eigenvalue weighted by Gasteiger charge is 2.41. The highest BCUT2D eigenvalue weighted by atomic mass is 16.5. The third kappa shape index (κ3) is 4.09. The number of rotatable bonds is 5. The summed E-state index contributed by atoms with van der Waals surface area (Å²) in [4.78, 5) is 20.8. The number of hydrogen-bond donors (Lipinski definition) is 0. The first kappa shape index (κ1) is 16.4. The number of methoxy groups -OCH3 is 1. The molecule has 5 heteroatoms.